The van der Waals surface area contributed by atoms with Gasteiger partial charge in [-0.3, -0.25) is 0 Å². The highest BCUT2D eigenvalue weighted by Crippen LogP contribution is 2.29. The van der Waals surface area contributed by atoms with E-state index in [-0.39, 0.29) is 23.2 Å². The lowest BCUT2D eigenvalue weighted by Gasteiger charge is -2.11. The number of aryl methyl sites for hydroxylation is 1. The fourth-order valence-electron chi connectivity index (χ4n) is 2.59. The van der Waals surface area contributed by atoms with E-state index in [9.17, 15) is 13.2 Å². The number of nitrogens with one attached hydrogen (secondary N) is 2. The molecule has 0 saturated carbocycles. The molecule has 1 aliphatic rings. The first-order valence-corrected chi connectivity index (χ1v) is 10.1. The zero-order chi connectivity index (χ0) is 20.5. The molecular formula is C17H18ClN5O4S. The van der Waals surface area contributed by atoms with Crippen LogP contribution in [-0.2, 0) is 26.6 Å². The van der Waals surface area contributed by atoms with Crippen molar-refractivity contribution in [1.29, 1.82) is 0 Å². The molecule has 1 aromatic carbocycles. The third kappa shape index (κ3) is 3.73. The van der Waals surface area contributed by atoms with Crippen molar-refractivity contribution < 1.29 is 17.9 Å². The van der Waals surface area contributed by atoms with Crippen molar-refractivity contribution in [3.63, 3.8) is 0 Å². The summed E-state index contributed by atoms with van der Waals surface area (Å²) in [5, 5.41) is 5.49. The SMILES string of the molecule is CCOC(=O)C1=C(C)Nc2ccccc2N/C1=N/S(=O)(=O)c1ncn(C)c1Cl. The molecule has 0 atom stereocenters. The van der Waals surface area contributed by atoms with Crippen LogP contribution in [-0.4, -0.2) is 36.4 Å². The predicted octanol–water partition coefficient (Wildman–Crippen LogP) is 2.54. The number of halogens is 1. The number of hydrogen-bond acceptors (Lipinski definition) is 6. The van der Waals surface area contributed by atoms with Gasteiger partial charge in [-0.05, 0) is 26.0 Å². The summed E-state index contributed by atoms with van der Waals surface area (Å²) < 4.78 is 35.9. The molecule has 0 aliphatic carbocycles. The summed E-state index contributed by atoms with van der Waals surface area (Å²) in [6, 6.07) is 7.07. The van der Waals surface area contributed by atoms with Crippen LogP contribution in [0.4, 0.5) is 11.4 Å². The Labute approximate surface area is 167 Å². The van der Waals surface area contributed by atoms with E-state index in [0.29, 0.717) is 17.1 Å². The first-order chi connectivity index (χ1) is 13.2. The smallest absolute Gasteiger partial charge is 0.343 e. The molecule has 3 rings (SSSR count). The molecule has 28 heavy (non-hydrogen) atoms. The minimum Gasteiger partial charge on any atom is -0.462 e. The quantitative estimate of drug-likeness (QED) is 0.726. The van der Waals surface area contributed by atoms with Crippen LogP contribution in [0.1, 0.15) is 13.8 Å². The highest BCUT2D eigenvalue weighted by molar-refractivity contribution is 7.90. The second-order valence-corrected chi connectivity index (χ2v) is 7.76. The summed E-state index contributed by atoms with van der Waals surface area (Å²) in [6.45, 7) is 3.40. The van der Waals surface area contributed by atoms with Crippen LogP contribution in [0, 0.1) is 0 Å². The molecule has 2 heterocycles. The van der Waals surface area contributed by atoms with E-state index >= 15 is 0 Å². The topological polar surface area (TPSA) is 115 Å². The molecule has 0 radical (unpaired) electrons. The summed E-state index contributed by atoms with van der Waals surface area (Å²) in [6.07, 6.45) is 1.26. The molecule has 2 N–H and O–H groups in total. The Balaban J connectivity index is 2.18. The lowest BCUT2D eigenvalue weighted by molar-refractivity contribution is -0.137. The summed E-state index contributed by atoms with van der Waals surface area (Å²) in [4.78, 5) is 16.3. The fraction of sp³-hybridized carbons (Fsp3) is 0.235. The minimum atomic E-state index is -4.30. The van der Waals surface area contributed by atoms with Crippen LogP contribution < -0.4 is 10.6 Å². The number of rotatable bonds is 4. The summed E-state index contributed by atoms with van der Waals surface area (Å²) >= 11 is 6.02. The zero-order valence-corrected chi connectivity index (χ0v) is 16.9. The van der Waals surface area contributed by atoms with Crippen molar-refractivity contribution >= 4 is 44.8 Å². The summed E-state index contributed by atoms with van der Waals surface area (Å²) in [5.41, 5.74) is 1.55. The van der Waals surface area contributed by atoms with Crippen molar-refractivity contribution in [1.82, 2.24) is 9.55 Å². The van der Waals surface area contributed by atoms with Gasteiger partial charge in [-0.2, -0.15) is 8.42 Å². The van der Waals surface area contributed by atoms with Gasteiger partial charge in [-0.1, -0.05) is 23.7 Å². The van der Waals surface area contributed by atoms with Gasteiger partial charge in [0.2, 0.25) is 5.03 Å². The molecule has 0 fully saturated rings. The van der Waals surface area contributed by atoms with E-state index in [1.54, 1.807) is 45.2 Å². The number of para-hydroxylation sites is 2. The van der Waals surface area contributed by atoms with Gasteiger partial charge in [0.15, 0.2) is 5.84 Å². The Morgan fingerprint density at radius 1 is 1.29 bits per heavy atom. The van der Waals surface area contributed by atoms with Crippen molar-refractivity contribution in [2.24, 2.45) is 11.4 Å². The van der Waals surface area contributed by atoms with E-state index in [1.165, 1.54) is 10.9 Å². The monoisotopic (exact) mass is 423 g/mol. The number of amidine groups is 1. The number of imidazole rings is 1. The van der Waals surface area contributed by atoms with Gasteiger partial charge in [-0.15, -0.1) is 4.40 Å². The summed E-state index contributed by atoms with van der Waals surface area (Å²) in [5.74, 6) is -0.899. The van der Waals surface area contributed by atoms with Crippen molar-refractivity contribution in [2.45, 2.75) is 18.9 Å². The molecule has 0 bridgehead atoms. The summed E-state index contributed by atoms with van der Waals surface area (Å²) in [7, 11) is -2.75. The van der Waals surface area contributed by atoms with Crippen molar-refractivity contribution in [3.05, 3.63) is 47.0 Å². The molecule has 1 aliphatic heterocycles. The Bertz CT molecular complexity index is 1100. The van der Waals surface area contributed by atoms with Crippen molar-refractivity contribution in [3.8, 4) is 0 Å². The minimum absolute atomic E-state index is 0.0336. The molecule has 0 unspecified atom stereocenters. The molecule has 11 heteroatoms. The maximum atomic E-state index is 12.8. The van der Waals surface area contributed by atoms with E-state index in [2.05, 4.69) is 20.0 Å². The van der Waals surface area contributed by atoms with E-state index < -0.39 is 21.0 Å². The number of anilines is 2. The number of ether oxygens (including phenoxy) is 1. The van der Waals surface area contributed by atoms with Crippen LogP contribution in [0.2, 0.25) is 5.15 Å². The average Bonchev–Trinajstić information content (AvgIpc) is 2.89. The number of allylic oxidation sites excluding steroid dienone is 1. The number of aromatic nitrogens is 2. The number of fused-ring (bicyclic) bond motifs is 1. The first-order valence-electron chi connectivity index (χ1n) is 8.27. The van der Waals surface area contributed by atoms with Crippen LogP contribution >= 0.6 is 11.6 Å². The maximum Gasteiger partial charge on any atom is 0.343 e. The van der Waals surface area contributed by atoms with Crippen LogP contribution in [0.15, 0.2) is 51.3 Å². The lowest BCUT2D eigenvalue weighted by atomic mass is 10.2. The number of sulfonamides is 1. The Kier molecular flexibility index (Phi) is 5.43. The van der Waals surface area contributed by atoms with E-state index in [0.717, 1.165) is 0 Å². The molecule has 0 saturated heterocycles. The number of nitrogens with zero attached hydrogens (tertiary/aromatic N) is 3. The van der Waals surface area contributed by atoms with Gasteiger partial charge in [0.1, 0.15) is 10.7 Å². The molecule has 1 aromatic heterocycles. The van der Waals surface area contributed by atoms with Gasteiger partial charge in [0.05, 0.1) is 24.3 Å². The largest absolute Gasteiger partial charge is 0.462 e. The number of carbonyl (C=O) groups excluding carboxylic acids is 1. The molecule has 2 aromatic rings. The Morgan fingerprint density at radius 2 is 1.93 bits per heavy atom. The normalized spacial score (nSPS) is 15.5. The van der Waals surface area contributed by atoms with Gasteiger partial charge in [0.25, 0.3) is 0 Å². The van der Waals surface area contributed by atoms with Gasteiger partial charge < -0.3 is 19.9 Å². The number of benzene rings is 1. The standard InChI is InChI=1S/C17H18ClN5O4S/c1-4-27-17(24)13-10(2)20-11-7-5-6-8-12(11)21-15(13)22-28(25,26)16-14(18)23(3)9-19-16/h5-9,20H,4H2,1-3H3,(H,21,22). The lowest BCUT2D eigenvalue weighted by Crippen LogP contribution is -2.25. The highest BCUT2D eigenvalue weighted by atomic mass is 35.5. The molecule has 0 amide bonds. The van der Waals surface area contributed by atoms with Crippen LogP contribution in [0.25, 0.3) is 0 Å². The number of esters is 1. The highest BCUT2D eigenvalue weighted by Gasteiger charge is 2.29. The number of carbonyl (C=O) groups is 1. The second-order valence-electron chi connectivity index (χ2n) is 5.88. The fourth-order valence-corrected chi connectivity index (χ4v) is 3.97. The first kappa shape index (κ1) is 19.9. The van der Waals surface area contributed by atoms with Crippen LogP contribution in [0.5, 0.6) is 0 Å². The average molecular weight is 424 g/mol. The van der Waals surface area contributed by atoms with E-state index in [1.807, 2.05) is 0 Å². The Morgan fingerprint density at radius 3 is 2.50 bits per heavy atom. The van der Waals surface area contributed by atoms with Gasteiger partial charge in [0, 0.05) is 12.7 Å². The van der Waals surface area contributed by atoms with Crippen LogP contribution in [0.3, 0.4) is 0 Å². The van der Waals surface area contributed by atoms with Crippen molar-refractivity contribution in [2.75, 3.05) is 17.2 Å². The molecule has 0 spiro atoms. The zero-order valence-electron chi connectivity index (χ0n) is 15.4. The van der Waals surface area contributed by atoms with Gasteiger partial charge >= 0.3 is 16.0 Å². The second kappa shape index (κ2) is 7.64. The third-order valence-corrected chi connectivity index (χ3v) is 5.65. The van der Waals surface area contributed by atoms with E-state index in [4.69, 9.17) is 16.3 Å². The Hall–Kier alpha value is -2.85. The predicted molar refractivity (Wildman–Crippen MR) is 106 cm³/mol. The molecule has 9 nitrogen and oxygen atoms in total. The molecule has 148 valence electrons. The number of hydrogen-bond donors (Lipinski definition) is 2. The van der Waals surface area contributed by atoms with Gasteiger partial charge in [-0.25, -0.2) is 9.78 Å². The third-order valence-electron chi connectivity index (χ3n) is 3.88. The molecular weight excluding hydrogens is 406 g/mol. The maximum absolute atomic E-state index is 12.8.